The number of aryl methyl sites for hydroxylation is 1. The first-order valence-corrected chi connectivity index (χ1v) is 16.7. The van der Waals surface area contributed by atoms with Gasteiger partial charge in [-0.15, -0.1) is 15.3 Å². The topological polar surface area (TPSA) is 170 Å². The van der Waals surface area contributed by atoms with Crippen LogP contribution in [0.2, 0.25) is 0 Å². The quantitative estimate of drug-likeness (QED) is 0.109. The van der Waals surface area contributed by atoms with Crippen LogP contribution in [0.1, 0.15) is 5.56 Å². The van der Waals surface area contributed by atoms with E-state index in [1.165, 1.54) is 30.3 Å². The van der Waals surface area contributed by atoms with Crippen LogP contribution in [-0.2, 0) is 20.2 Å². The molecule has 11 nitrogen and oxygen atoms in total. The fraction of sp³-hybridized carbons (Fsp3) is 0.0303. The Morgan fingerprint density at radius 3 is 1.76 bits per heavy atom. The molecule has 230 valence electrons. The van der Waals surface area contributed by atoms with Gasteiger partial charge in [0.2, 0.25) is 0 Å². The maximum atomic E-state index is 12.4. The van der Waals surface area contributed by atoms with E-state index in [0.717, 1.165) is 11.3 Å². The average Bonchev–Trinajstić information content (AvgIpc) is 3.03. The van der Waals surface area contributed by atoms with Crippen molar-refractivity contribution in [1.29, 1.82) is 0 Å². The summed E-state index contributed by atoms with van der Waals surface area (Å²) in [5.41, 5.74) is 3.87. The van der Waals surface area contributed by atoms with Crippen LogP contribution in [0.5, 0.6) is 0 Å². The molecule has 0 atom stereocenters. The molecule has 13 heteroatoms. The fourth-order valence-corrected chi connectivity index (χ4v) is 6.17. The predicted molar refractivity (Wildman–Crippen MR) is 177 cm³/mol. The Morgan fingerprint density at radius 1 is 0.565 bits per heavy atom. The van der Waals surface area contributed by atoms with Gasteiger partial charge in [-0.1, -0.05) is 60.2 Å². The largest absolute Gasteiger partial charge is 0.355 e. The Hall–Kier alpha value is -5.34. The van der Waals surface area contributed by atoms with Crippen molar-refractivity contribution in [1.82, 2.24) is 0 Å². The van der Waals surface area contributed by atoms with Crippen molar-refractivity contribution >= 4 is 75.9 Å². The number of nitrogens with one attached hydrogen (secondary N) is 1. The number of benzene rings is 6. The smallest absolute Gasteiger partial charge is 0.295 e. The van der Waals surface area contributed by atoms with Gasteiger partial charge >= 0.3 is 0 Å². The van der Waals surface area contributed by atoms with Crippen molar-refractivity contribution in [2.24, 2.45) is 20.5 Å². The van der Waals surface area contributed by atoms with Gasteiger partial charge in [0.15, 0.2) is 0 Å². The van der Waals surface area contributed by atoms with E-state index in [9.17, 15) is 25.9 Å². The molecule has 0 aromatic heterocycles. The fourth-order valence-electron chi connectivity index (χ4n) is 4.92. The van der Waals surface area contributed by atoms with Gasteiger partial charge < -0.3 is 5.32 Å². The molecule has 0 heterocycles. The Kier molecular flexibility index (Phi) is 8.15. The van der Waals surface area contributed by atoms with Crippen LogP contribution in [0.15, 0.2) is 146 Å². The summed E-state index contributed by atoms with van der Waals surface area (Å²) in [5, 5.41) is 22.8. The van der Waals surface area contributed by atoms with E-state index in [1.54, 1.807) is 36.4 Å². The molecule has 0 bridgehead atoms. The van der Waals surface area contributed by atoms with Crippen LogP contribution < -0.4 is 5.32 Å². The van der Waals surface area contributed by atoms with Gasteiger partial charge in [0.1, 0.15) is 4.90 Å². The lowest BCUT2D eigenvalue weighted by atomic mass is 10.1. The summed E-state index contributed by atoms with van der Waals surface area (Å²) in [4.78, 5) is -0.557. The highest BCUT2D eigenvalue weighted by Crippen LogP contribution is 2.40. The Labute approximate surface area is 264 Å². The lowest BCUT2D eigenvalue weighted by Gasteiger charge is -2.14. The summed E-state index contributed by atoms with van der Waals surface area (Å²) in [5.74, 6) is 0. The Bertz CT molecular complexity index is 2410. The van der Waals surface area contributed by atoms with E-state index in [2.05, 4.69) is 25.8 Å². The number of nitrogens with zero attached hydrogens (tertiary/aromatic N) is 4. The molecule has 0 amide bonds. The van der Waals surface area contributed by atoms with Gasteiger partial charge in [0.25, 0.3) is 20.2 Å². The lowest BCUT2D eigenvalue weighted by Crippen LogP contribution is -2.01. The molecule has 0 spiro atoms. The molecule has 6 rings (SSSR count). The van der Waals surface area contributed by atoms with Crippen molar-refractivity contribution in [3.05, 3.63) is 121 Å². The van der Waals surface area contributed by atoms with Crippen LogP contribution >= 0.6 is 0 Å². The second kappa shape index (κ2) is 12.2. The zero-order chi connectivity index (χ0) is 32.5. The van der Waals surface area contributed by atoms with Crippen LogP contribution in [0.25, 0.3) is 21.5 Å². The standard InChI is InChI=1S/C33H25N5O6S2/c1-21-12-14-22(15-13-21)34-31-19-18-30(27-10-5-11-32(33(27)31)46(42,43)44)38-37-29-17-16-28(25-8-2-3-9-26(25)29)36-35-23-6-4-7-24(20-23)45(39,40)41/h2-20,34H,1H3,(H,39,40,41)(H,42,43,44)/b36-35+,38-37+. The molecular formula is C33H25N5O6S2. The molecular weight excluding hydrogens is 627 g/mol. The van der Waals surface area contributed by atoms with Crippen LogP contribution in [0, 0.1) is 6.92 Å². The van der Waals surface area contributed by atoms with Gasteiger partial charge in [-0.25, -0.2) is 0 Å². The summed E-state index contributed by atoms with van der Waals surface area (Å²) in [6, 6.07) is 31.7. The van der Waals surface area contributed by atoms with Crippen molar-refractivity contribution in [3.8, 4) is 0 Å². The molecule has 6 aromatic carbocycles. The van der Waals surface area contributed by atoms with E-state index in [1.807, 2.05) is 55.5 Å². The molecule has 6 aromatic rings. The van der Waals surface area contributed by atoms with Crippen LogP contribution in [0.3, 0.4) is 0 Å². The van der Waals surface area contributed by atoms with Gasteiger partial charge in [-0.3, -0.25) is 9.11 Å². The number of anilines is 2. The van der Waals surface area contributed by atoms with Gasteiger partial charge in [0.05, 0.1) is 27.6 Å². The molecule has 3 N–H and O–H groups in total. The number of hydrogen-bond acceptors (Lipinski definition) is 9. The minimum absolute atomic E-state index is 0.236. The Morgan fingerprint density at radius 2 is 1.13 bits per heavy atom. The monoisotopic (exact) mass is 651 g/mol. The molecule has 0 unspecified atom stereocenters. The maximum Gasteiger partial charge on any atom is 0.295 e. The zero-order valence-electron chi connectivity index (χ0n) is 24.1. The second-order valence-electron chi connectivity index (χ2n) is 10.3. The van der Waals surface area contributed by atoms with Gasteiger partial charge in [0, 0.05) is 32.9 Å². The third kappa shape index (κ3) is 6.53. The maximum absolute atomic E-state index is 12.4. The predicted octanol–water partition coefficient (Wildman–Crippen LogP) is 9.37. The van der Waals surface area contributed by atoms with Crippen molar-refractivity contribution in [2.45, 2.75) is 16.7 Å². The highest BCUT2D eigenvalue weighted by Gasteiger charge is 2.19. The van der Waals surface area contributed by atoms with E-state index in [0.29, 0.717) is 38.9 Å². The van der Waals surface area contributed by atoms with Crippen LogP contribution in [0.4, 0.5) is 34.1 Å². The molecule has 0 aliphatic carbocycles. The normalized spacial score (nSPS) is 12.4. The third-order valence-corrected chi connectivity index (χ3v) is 8.87. The van der Waals surface area contributed by atoms with Gasteiger partial charge in [-0.05, 0) is 67.6 Å². The van der Waals surface area contributed by atoms with E-state index in [-0.39, 0.29) is 20.9 Å². The summed E-state index contributed by atoms with van der Waals surface area (Å²) in [6.07, 6.45) is 0. The zero-order valence-corrected chi connectivity index (χ0v) is 25.7. The molecule has 0 radical (unpaired) electrons. The Balaban J connectivity index is 1.40. The molecule has 0 saturated carbocycles. The van der Waals surface area contributed by atoms with Crippen LogP contribution in [-0.4, -0.2) is 25.9 Å². The summed E-state index contributed by atoms with van der Waals surface area (Å²) < 4.78 is 67.2. The van der Waals surface area contributed by atoms with Crippen molar-refractivity contribution in [3.63, 3.8) is 0 Å². The van der Waals surface area contributed by atoms with E-state index >= 15 is 0 Å². The summed E-state index contributed by atoms with van der Waals surface area (Å²) >= 11 is 0. The minimum atomic E-state index is -4.58. The molecule has 0 fully saturated rings. The first kappa shape index (κ1) is 30.7. The number of azo groups is 2. The summed E-state index contributed by atoms with van der Waals surface area (Å²) in [6.45, 7) is 1.96. The van der Waals surface area contributed by atoms with E-state index < -0.39 is 20.2 Å². The number of fused-ring (bicyclic) bond motifs is 2. The lowest BCUT2D eigenvalue weighted by molar-refractivity contribution is 0.481. The van der Waals surface area contributed by atoms with Crippen molar-refractivity contribution in [2.75, 3.05) is 5.32 Å². The summed E-state index contributed by atoms with van der Waals surface area (Å²) in [7, 11) is -8.97. The minimum Gasteiger partial charge on any atom is -0.355 e. The SMILES string of the molecule is Cc1ccc(Nc2ccc(/N=N/c3ccc(/N=N/c4cccc(S(=O)(=O)O)c4)c4ccccc34)c3cccc(S(=O)(=O)O)c23)cc1. The first-order valence-electron chi connectivity index (χ1n) is 13.8. The molecule has 0 saturated heterocycles. The number of rotatable bonds is 8. The van der Waals surface area contributed by atoms with E-state index in [4.69, 9.17) is 0 Å². The van der Waals surface area contributed by atoms with Crippen molar-refractivity contribution < 1.29 is 25.9 Å². The number of hydrogen-bond donors (Lipinski definition) is 3. The molecule has 0 aliphatic rings. The molecule has 0 aliphatic heterocycles. The highest BCUT2D eigenvalue weighted by atomic mass is 32.2. The third-order valence-electron chi connectivity index (χ3n) is 7.12. The highest BCUT2D eigenvalue weighted by molar-refractivity contribution is 7.86. The first-order chi connectivity index (χ1) is 22.0. The van der Waals surface area contributed by atoms with Gasteiger partial charge in [-0.2, -0.15) is 21.9 Å². The average molecular weight is 652 g/mol. The second-order valence-corrected chi connectivity index (χ2v) is 13.1. The molecule has 46 heavy (non-hydrogen) atoms.